The highest BCUT2D eigenvalue weighted by Crippen LogP contribution is 2.33. The lowest BCUT2D eigenvalue weighted by Crippen LogP contribution is -2.44. The third-order valence-corrected chi connectivity index (χ3v) is 9.98. The number of nitrogens with one attached hydrogen (secondary N) is 1. The molecule has 3 aromatic rings. The Bertz CT molecular complexity index is 1530. The number of fused-ring (bicyclic) bond motifs is 1. The molecule has 2 aliphatic heterocycles. The lowest BCUT2D eigenvalue weighted by atomic mass is 10.0. The zero-order valence-corrected chi connectivity index (χ0v) is 23.7. The van der Waals surface area contributed by atoms with E-state index in [1.165, 1.54) is 22.0 Å². The van der Waals surface area contributed by atoms with E-state index < -0.39 is 16.1 Å². The van der Waals surface area contributed by atoms with Gasteiger partial charge in [-0.1, -0.05) is 12.1 Å². The number of aliphatic hydroxyl groups is 1. The van der Waals surface area contributed by atoms with Crippen LogP contribution in [0, 0.1) is 12.8 Å². The Morgan fingerprint density at radius 2 is 1.70 bits per heavy atom. The molecule has 3 aliphatic rings. The van der Waals surface area contributed by atoms with E-state index in [9.17, 15) is 18.3 Å². The van der Waals surface area contributed by atoms with E-state index in [4.69, 9.17) is 0 Å². The quantitative estimate of drug-likeness (QED) is 0.456. The van der Waals surface area contributed by atoms with Gasteiger partial charge in [0.05, 0.1) is 10.6 Å². The Kier molecular flexibility index (Phi) is 7.12. The van der Waals surface area contributed by atoms with Gasteiger partial charge in [0.15, 0.2) is 0 Å². The molecule has 1 amide bonds. The van der Waals surface area contributed by atoms with Crippen molar-refractivity contribution < 1.29 is 18.3 Å². The molecule has 0 radical (unpaired) electrons. The zero-order chi connectivity index (χ0) is 28.0. The Balaban J connectivity index is 1.16. The molecule has 1 unspecified atom stereocenters. The third kappa shape index (κ3) is 5.36. The maximum absolute atomic E-state index is 13.4. The average molecular weight is 562 g/mol. The third-order valence-electron chi connectivity index (χ3n) is 8.18. The first-order chi connectivity index (χ1) is 19.2. The van der Waals surface area contributed by atoms with Gasteiger partial charge >= 0.3 is 0 Å². The second-order valence-corrected chi connectivity index (χ2v) is 13.1. The molecule has 10 heteroatoms. The van der Waals surface area contributed by atoms with Crippen LogP contribution in [-0.4, -0.2) is 66.8 Å². The Morgan fingerprint density at radius 3 is 2.40 bits per heavy atom. The first-order valence-corrected chi connectivity index (χ1v) is 15.2. The van der Waals surface area contributed by atoms with E-state index in [1.54, 1.807) is 18.3 Å². The van der Waals surface area contributed by atoms with Crippen molar-refractivity contribution >= 4 is 27.3 Å². The van der Waals surface area contributed by atoms with Crippen LogP contribution in [0.25, 0.3) is 0 Å². The minimum Gasteiger partial charge on any atom is -0.382 e. The molecule has 2 N–H and O–H groups in total. The van der Waals surface area contributed by atoms with E-state index in [2.05, 4.69) is 34.1 Å². The largest absolute Gasteiger partial charge is 0.382 e. The van der Waals surface area contributed by atoms with Crippen molar-refractivity contribution in [1.82, 2.24) is 14.2 Å². The number of aryl methyl sites for hydroxylation is 1. The molecule has 1 aliphatic carbocycles. The SMILES string of the molecule is Cc1ccc(C(O)c2cc3c(cn2)CN(S(=O)(=O)c2ccc(NC(=O)C4CC4)cc2)C3)cc1N1CCN(C)CC1. The summed E-state index contributed by atoms with van der Waals surface area (Å²) in [6, 6.07) is 14.2. The second kappa shape index (κ2) is 10.6. The topological polar surface area (TPSA) is 106 Å². The predicted molar refractivity (Wildman–Crippen MR) is 153 cm³/mol. The van der Waals surface area contributed by atoms with Crippen LogP contribution in [0.15, 0.2) is 59.6 Å². The van der Waals surface area contributed by atoms with Crippen molar-refractivity contribution in [2.45, 2.75) is 43.9 Å². The molecule has 0 bridgehead atoms. The van der Waals surface area contributed by atoms with Crippen molar-refractivity contribution in [3.05, 3.63) is 82.7 Å². The number of aromatic nitrogens is 1. The van der Waals surface area contributed by atoms with Crippen LogP contribution >= 0.6 is 0 Å². The fourth-order valence-electron chi connectivity index (χ4n) is 5.39. The minimum atomic E-state index is -3.75. The Hall–Kier alpha value is -3.31. The lowest BCUT2D eigenvalue weighted by molar-refractivity contribution is -0.117. The summed E-state index contributed by atoms with van der Waals surface area (Å²) in [6.45, 7) is 6.40. The smallest absolute Gasteiger partial charge is 0.243 e. The number of piperazine rings is 1. The summed E-state index contributed by atoms with van der Waals surface area (Å²) in [5.41, 5.74) is 5.82. The molecule has 6 rings (SSSR count). The van der Waals surface area contributed by atoms with Crippen molar-refractivity contribution in [1.29, 1.82) is 0 Å². The van der Waals surface area contributed by atoms with Gasteiger partial charge in [-0.15, -0.1) is 0 Å². The number of carbonyl (C=O) groups is 1. The highest BCUT2D eigenvalue weighted by molar-refractivity contribution is 7.89. The summed E-state index contributed by atoms with van der Waals surface area (Å²) in [7, 11) is -1.62. The molecule has 1 atom stereocenters. The Labute approximate surface area is 235 Å². The second-order valence-electron chi connectivity index (χ2n) is 11.2. The van der Waals surface area contributed by atoms with Crippen molar-refractivity contribution in [2.24, 2.45) is 5.92 Å². The first kappa shape index (κ1) is 26.9. The van der Waals surface area contributed by atoms with Gasteiger partial charge in [0.25, 0.3) is 0 Å². The predicted octanol–water partition coefficient (Wildman–Crippen LogP) is 3.28. The number of likely N-dealkylation sites (N-methyl/N-ethyl adjacent to an activating group) is 1. The van der Waals surface area contributed by atoms with Gasteiger partial charge < -0.3 is 20.2 Å². The van der Waals surface area contributed by atoms with Crippen LogP contribution in [0.3, 0.4) is 0 Å². The van der Waals surface area contributed by atoms with Crippen LogP contribution in [0.1, 0.15) is 46.9 Å². The fraction of sp³-hybridized carbons (Fsp3) is 0.400. The number of hydrogen-bond acceptors (Lipinski definition) is 7. The van der Waals surface area contributed by atoms with E-state index in [1.807, 2.05) is 24.3 Å². The normalized spacial score (nSPS) is 18.9. The van der Waals surface area contributed by atoms with Crippen molar-refractivity contribution in [3.8, 4) is 0 Å². The van der Waals surface area contributed by atoms with Gasteiger partial charge in [-0.2, -0.15) is 4.31 Å². The van der Waals surface area contributed by atoms with E-state index in [-0.39, 0.29) is 29.8 Å². The molecular formula is C30H35N5O4S. The number of aliphatic hydroxyl groups excluding tert-OH is 1. The molecule has 1 saturated heterocycles. The summed E-state index contributed by atoms with van der Waals surface area (Å²) < 4.78 is 28.2. The number of hydrogen-bond donors (Lipinski definition) is 2. The van der Waals surface area contributed by atoms with E-state index >= 15 is 0 Å². The number of pyridine rings is 1. The molecule has 3 heterocycles. The van der Waals surface area contributed by atoms with Crippen molar-refractivity contribution in [3.63, 3.8) is 0 Å². The lowest BCUT2D eigenvalue weighted by Gasteiger charge is -2.35. The zero-order valence-electron chi connectivity index (χ0n) is 22.9. The molecular weight excluding hydrogens is 526 g/mol. The molecule has 0 spiro atoms. The number of benzene rings is 2. The average Bonchev–Trinajstić information content (AvgIpc) is 3.72. The molecule has 1 aromatic heterocycles. The minimum absolute atomic E-state index is 0.0164. The molecule has 1 saturated carbocycles. The van der Waals surface area contributed by atoms with Crippen LogP contribution in [-0.2, 0) is 27.9 Å². The van der Waals surface area contributed by atoms with Gasteiger partial charge in [0, 0.05) is 62.8 Å². The Morgan fingerprint density at radius 1 is 1.00 bits per heavy atom. The van der Waals surface area contributed by atoms with Gasteiger partial charge in [0.2, 0.25) is 15.9 Å². The summed E-state index contributed by atoms with van der Waals surface area (Å²) in [5, 5.41) is 14.1. The number of sulfonamides is 1. The number of rotatable bonds is 7. The van der Waals surface area contributed by atoms with Gasteiger partial charge in [-0.3, -0.25) is 9.78 Å². The molecule has 210 valence electrons. The maximum atomic E-state index is 13.4. The first-order valence-electron chi connectivity index (χ1n) is 13.8. The number of anilines is 2. The number of carbonyl (C=O) groups excluding carboxylic acids is 1. The molecule has 40 heavy (non-hydrogen) atoms. The van der Waals surface area contributed by atoms with Gasteiger partial charge in [0.1, 0.15) is 6.10 Å². The summed E-state index contributed by atoms with van der Waals surface area (Å²) in [6.07, 6.45) is 2.57. The highest BCUT2D eigenvalue weighted by atomic mass is 32.2. The standard InChI is InChI=1S/C30H35N5O4S/c1-20-3-4-22(16-28(20)34-13-11-33(2)12-14-34)29(36)27-15-23-18-35(19-24(23)17-31-27)40(38,39)26-9-7-25(8-10-26)32-30(37)21-5-6-21/h3-4,7-10,15-17,21,29,36H,5-6,11-14,18-19H2,1-2H3,(H,32,37). The van der Waals surface area contributed by atoms with Crippen LogP contribution < -0.4 is 10.2 Å². The molecule has 9 nitrogen and oxygen atoms in total. The fourth-order valence-corrected chi connectivity index (χ4v) is 6.79. The number of amides is 1. The number of nitrogens with zero attached hydrogens (tertiary/aromatic N) is 4. The van der Waals surface area contributed by atoms with Gasteiger partial charge in [-0.05, 0) is 85.5 Å². The highest BCUT2D eigenvalue weighted by Gasteiger charge is 2.32. The van der Waals surface area contributed by atoms with Gasteiger partial charge in [-0.25, -0.2) is 8.42 Å². The van der Waals surface area contributed by atoms with Crippen LogP contribution in [0.5, 0.6) is 0 Å². The van der Waals surface area contributed by atoms with Crippen molar-refractivity contribution in [2.75, 3.05) is 43.4 Å². The monoisotopic (exact) mass is 561 g/mol. The van der Waals surface area contributed by atoms with Crippen LogP contribution in [0.2, 0.25) is 0 Å². The molecule has 2 aromatic carbocycles. The van der Waals surface area contributed by atoms with Crippen LogP contribution in [0.4, 0.5) is 11.4 Å². The van der Waals surface area contributed by atoms with E-state index in [0.717, 1.165) is 61.4 Å². The summed E-state index contributed by atoms with van der Waals surface area (Å²) in [5.74, 6) is 0.0610. The molecule has 2 fully saturated rings. The summed E-state index contributed by atoms with van der Waals surface area (Å²) in [4.78, 5) is 21.4. The van der Waals surface area contributed by atoms with E-state index in [0.29, 0.717) is 11.4 Å². The summed E-state index contributed by atoms with van der Waals surface area (Å²) >= 11 is 0. The maximum Gasteiger partial charge on any atom is 0.243 e.